The Labute approximate surface area is 149 Å². The fraction of sp³-hybridized carbons (Fsp3) is 0.176. The van der Waals surface area contributed by atoms with Gasteiger partial charge in [0.1, 0.15) is 19.5 Å². The van der Waals surface area contributed by atoms with Gasteiger partial charge in [0.05, 0.1) is 12.1 Å². The molecule has 0 aromatic heterocycles. The van der Waals surface area contributed by atoms with Crippen molar-refractivity contribution >= 4 is 34.9 Å². The molecule has 0 atom stereocenters. The summed E-state index contributed by atoms with van der Waals surface area (Å²) in [4.78, 5) is 16.7. The van der Waals surface area contributed by atoms with Gasteiger partial charge in [0.2, 0.25) is 0 Å². The van der Waals surface area contributed by atoms with E-state index in [2.05, 4.69) is 5.16 Å². The number of nitrogens with zero attached hydrogens (tertiary/aromatic N) is 1. The highest BCUT2D eigenvalue weighted by Gasteiger charge is 2.19. The Morgan fingerprint density at radius 3 is 2.54 bits per heavy atom. The molecule has 0 aliphatic rings. The van der Waals surface area contributed by atoms with E-state index in [0.717, 1.165) is 5.56 Å². The third kappa shape index (κ3) is 4.40. The van der Waals surface area contributed by atoms with Crippen molar-refractivity contribution < 1.29 is 19.1 Å². The zero-order chi connectivity index (χ0) is 17.5. The molecular weight excluding hydrogens is 353 g/mol. The summed E-state index contributed by atoms with van der Waals surface area (Å²) in [5.41, 5.74) is 1.34. The fourth-order valence-corrected chi connectivity index (χ4v) is 2.47. The van der Waals surface area contributed by atoms with Crippen LogP contribution in [-0.2, 0) is 21.0 Å². The Hall–Kier alpha value is -2.24. The molecule has 0 saturated heterocycles. The molecule has 0 N–H and O–H groups in total. The minimum atomic E-state index is -0.603. The normalized spacial score (nSPS) is 11.1. The molecule has 0 aliphatic carbocycles. The summed E-state index contributed by atoms with van der Waals surface area (Å²) < 4.78 is 10.5. The minimum absolute atomic E-state index is 0.0569. The predicted molar refractivity (Wildman–Crippen MR) is 92.8 cm³/mol. The Morgan fingerprint density at radius 1 is 1.12 bits per heavy atom. The SMILES string of the molecule is CON=C(C(=O)OC)c1ccccc1COc1ccc(Cl)cc1Cl. The number of esters is 1. The van der Waals surface area contributed by atoms with Gasteiger partial charge in [-0.3, -0.25) is 0 Å². The first-order valence-corrected chi connectivity index (χ1v) is 7.68. The van der Waals surface area contributed by atoms with Gasteiger partial charge < -0.3 is 14.3 Å². The molecule has 7 heteroatoms. The second-order valence-electron chi connectivity index (χ2n) is 4.63. The molecule has 0 fully saturated rings. The number of benzene rings is 2. The fourth-order valence-electron chi connectivity index (χ4n) is 2.01. The van der Waals surface area contributed by atoms with Crippen LogP contribution in [0.1, 0.15) is 11.1 Å². The molecule has 126 valence electrons. The van der Waals surface area contributed by atoms with Crippen LogP contribution in [0, 0.1) is 0 Å². The lowest BCUT2D eigenvalue weighted by Crippen LogP contribution is -2.19. The van der Waals surface area contributed by atoms with Crippen molar-refractivity contribution in [3.63, 3.8) is 0 Å². The number of halogens is 2. The van der Waals surface area contributed by atoms with E-state index in [9.17, 15) is 4.79 Å². The molecule has 0 saturated carbocycles. The Morgan fingerprint density at radius 2 is 1.88 bits per heavy atom. The highest BCUT2D eigenvalue weighted by Crippen LogP contribution is 2.28. The predicted octanol–water partition coefficient (Wildman–Crippen LogP) is 4.10. The van der Waals surface area contributed by atoms with Gasteiger partial charge >= 0.3 is 5.97 Å². The van der Waals surface area contributed by atoms with Gasteiger partial charge in [-0.2, -0.15) is 0 Å². The number of rotatable bonds is 6. The quantitative estimate of drug-likeness (QED) is 0.438. The van der Waals surface area contributed by atoms with E-state index in [1.807, 2.05) is 12.1 Å². The number of hydrogen-bond acceptors (Lipinski definition) is 5. The lowest BCUT2D eigenvalue weighted by molar-refractivity contribution is -0.132. The van der Waals surface area contributed by atoms with E-state index in [1.165, 1.54) is 14.2 Å². The van der Waals surface area contributed by atoms with Gasteiger partial charge in [-0.25, -0.2) is 4.79 Å². The van der Waals surface area contributed by atoms with Gasteiger partial charge in [-0.15, -0.1) is 0 Å². The summed E-state index contributed by atoms with van der Waals surface area (Å²) in [5.74, 6) is -0.118. The van der Waals surface area contributed by atoms with Crippen LogP contribution in [0.15, 0.2) is 47.6 Å². The summed E-state index contributed by atoms with van der Waals surface area (Å²) >= 11 is 12.0. The first-order valence-electron chi connectivity index (χ1n) is 6.92. The smallest absolute Gasteiger partial charge is 0.360 e. The second-order valence-corrected chi connectivity index (χ2v) is 5.48. The van der Waals surface area contributed by atoms with Crippen LogP contribution in [0.5, 0.6) is 5.75 Å². The summed E-state index contributed by atoms with van der Waals surface area (Å²) in [6.45, 7) is 0.178. The number of oxime groups is 1. The van der Waals surface area contributed by atoms with Crippen molar-refractivity contribution in [2.45, 2.75) is 6.61 Å². The number of hydrogen-bond donors (Lipinski definition) is 0. The standard InChI is InChI=1S/C17H15Cl2NO4/c1-22-17(21)16(20-23-2)13-6-4-3-5-11(13)10-24-15-8-7-12(18)9-14(15)19/h3-9H,10H2,1-2H3. The maximum Gasteiger partial charge on any atom is 0.360 e. The highest BCUT2D eigenvalue weighted by atomic mass is 35.5. The third-order valence-electron chi connectivity index (χ3n) is 3.11. The van der Waals surface area contributed by atoms with Gasteiger partial charge in [0, 0.05) is 10.6 Å². The molecule has 0 bridgehead atoms. The van der Waals surface area contributed by atoms with Gasteiger partial charge in [0.25, 0.3) is 0 Å². The molecule has 24 heavy (non-hydrogen) atoms. The van der Waals surface area contributed by atoms with Crippen LogP contribution in [0.2, 0.25) is 10.0 Å². The summed E-state index contributed by atoms with van der Waals surface area (Å²) in [6, 6.07) is 12.1. The highest BCUT2D eigenvalue weighted by molar-refractivity contribution is 6.43. The maximum atomic E-state index is 11.9. The minimum Gasteiger partial charge on any atom is -0.487 e. The third-order valence-corrected chi connectivity index (χ3v) is 3.64. The summed E-state index contributed by atoms with van der Waals surface area (Å²) in [5, 5.41) is 4.68. The first-order chi connectivity index (χ1) is 11.6. The van der Waals surface area contributed by atoms with E-state index in [4.69, 9.17) is 37.5 Å². The topological polar surface area (TPSA) is 57.1 Å². The molecule has 0 unspecified atom stereocenters. The number of ether oxygens (including phenoxy) is 2. The molecule has 0 spiro atoms. The van der Waals surface area contributed by atoms with Gasteiger partial charge in [0.15, 0.2) is 5.71 Å². The van der Waals surface area contributed by atoms with Crippen molar-refractivity contribution in [1.82, 2.24) is 0 Å². The van der Waals surface area contributed by atoms with E-state index < -0.39 is 5.97 Å². The van der Waals surface area contributed by atoms with Crippen LogP contribution in [0.4, 0.5) is 0 Å². The average Bonchev–Trinajstić information content (AvgIpc) is 2.59. The molecule has 2 aromatic rings. The Balaban J connectivity index is 2.28. The number of carbonyl (C=O) groups is 1. The average molecular weight is 368 g/mol. The molecule has 0 amide bonds. The largest absolute Gasteiger partial charge is 0.487 e. The van der Waals surface area contributed by atoms with Crippen molar-refractivity contribution in [3.05, 3.63) is 63.6 Å². The zero-order valence-corrected chi connectivity index (χ0v) is 14.6. The molecular formula is C17H15Cl2NO4. The van der Waals surface area contributed by atoms with Crippen LogP contribution >= 0.6 is 23.2 Å². The monoisotopic (exact) mass is 367 g/mol. The zero-order valence-electron chi connectivity index (χ0n) is 13.1. The molecule has 0 aliphatic heterocycles. The van der Waals surface area contributed by atoms with Crippen molar-refractivity contribution in [2.75, 3.05) is 14.2 Å². The molecule has 0 heterocycles. The van der Waals surface area contributed by atoms with E-state index in [1.54, 1.807) is 30.3 Å². The number of carbonyl (C=O) groups excluding carboxylic acids is 1. The molecule has 0 radical (unpaired) electrons. The lowest BCUT2D eigenvalue weighted by atomic mass is 10.0. The maximum absolute atomic E-state index is 11.9. The van der Waals surface area contributed by atoms with Crippen molar-refractivity contribution in [1.29, 1.82) is 0 Å². The van der Waals surface area contributed by atoms with Crippen LogP contribution in [0.25, 0.3) is 0 Å². The second kappa shape index (κ2) is 8.57. The van der Waals surface area contributed by atoms with Gasteiger partial charge in [-0.05, 0) is 23.8 Å². The Bertz CT molecular complexity index is 762. The molecule has 2 rings (SSSR count). The summed E-state index contributed by atoms with van der Waals surface area (Å²) in [6.07, 6.45) is 0. The Kier molecular flexibility index (Phi) is 6.46. The first kappa shape index (κ1) is 18.1. The van der Waals surface area contributed by atoms with Crippen LogP contribution in [0.3, 0.4) is 0 Å². The van der Waals surface area contributed by atoms with E-state index >= 15 is 0 Å². The van der Waals surface area contributed by atoms with Crippen molar-refractivity contribution in [2.24, 2.45) is 5.16 Å². The van der Waals surface area contributed by atoms with E-state index in [0.29, 0.717) is 21.4 Å². The van der Waals surface area contributed by atoms with Crippen LogP contribution in [-0.4, -0.2) is 25.9 Å². The summed E-state index contributed by atoms with van der Waals surface area (Å²) in [7, 11) is 2.63. The van der Waals surface area contributed by atoms with E-state index in [-0.39, 0.29) is 12.3 Å². The number of methoxy groups -OCH3 is 1. The van der Waals surface area contributed by atoms with Gasteiger partial charge in [-0.1, -0.05) is 52.6 Å². The lowest BCUT2D eigenvalue weighted by Gasteiger charge is -2.12. The molecule has 2 aromatic carbocycles. The van der Waals surface area contributed by atoms with Crippen LogP contribution < -0.4 is 4.74 Å². The molecule has 5 nitrogen and oxygen atoms in total. The van der Waals surface area contributed by atoms with Crippen molar-refractivity contribution in [3.8, 4) is 5.75 Å².